The van der Waals surface area contributed by atoms with Crippen LogP contribution >= 0.6 is 0 Å². The van der Waals surface area contributed by atoms with E-state index >= 15 is 0 Å². The van der Waals surface area contributed by atoms with Crippen molar-refractivity contribution in [3.05, 3.63) is 87.6 Å². The van der Waals surface area contributed by atoms with E-state index in [0.717, 1.165) is 11.1 Å². The van der Waals surface area contributed by atoms with Crippen molar-refractivity contribution in [2.75, 3.05) is 7.05 Å². The molecular weight excluding hydrogens is 389 g/mol. The molecule has 0 radical (unpaired) electrons. The average Bonchev–Trinajstić information content (AvgIpc) is 3.26. The standard InChI is InChI=1S/C21H18FN5O3/c1-23-20(29)17-19(28)18-15(27(21(17)30)11-16-24-6-7-25-16)9-13(10-26-18)8-12-2-4-14(22)5-3-12/h2-7,9-10,28H,8,11H2,1H3,(H,23,29)(H,24,25). The predicted molar refractivity (Wildman–Crippen MR) is 108 cm³/mol. The maximum absolute atomic E-state index is 13.2. The first kappa shape index (κ1) is 19.3. The Labute approximate surface area is 170 Å². The molecule has 3 N–H and O–H groups in total. The summed E-state index contributed by atoms with van der Waals surface area (Å²) in [6, 6.07) is 7.81. The highest BCUT2D eigenvalue weighted by Crippen LogP contribution is 2.26. The minimum absolute atomic E-state index is 0.0638. The zero-order valence-corrected chi connectivity index (χ0v) is 16.0. The summed E-state index contributed by atoms with van der Waals surface area (Å²) in [5.41, 5.74) is 1.08. The third-order valence-corrected chi connectivity index (χ3v) is 4.77. The first-order chi connectivity index (χ1) is 14.5. The van der Waals surface area contributed by atoms with Crippen LogP contribution in [0.3, 0.4) is 0 Å². The molecular formula is C21H18FN5O3. The molecule has 152 valence electrons. The lowest BCUT2D eigenvalue weighted by Gasteiger charge is -2.14. The van der Waals surface area contributed by atoms with Crippen LogP contribution in [0.2, 0.25) is 0 Å². The molecule has 3 aromatic heterocycles. The lowest BCUT2D eigenvalue weighted by atomic mass is 10.1. The van der Waals surface area contributed by atoms with Crippen molar-refractivity contribution in [3.63, 3.8) is 0 Å². The van der Waals surface area contributed by atoms with E-state index in [4.69, 9.17) is 0 Å². The fourth-order valence-corrected chi connectivity index (χ4v) is 3.30. The van der Waals surface area contributed by atoms with E-state index in [-0.39, 0.29) is 23.4 Å². The number of H-pyrrole nitrogens is 1. The number of carbonyl (C=O) groups excluding carboxylic acids is 1. The van der Waals surface area contributed by atoms with E-state index in [1.165, 1.54) is 23.7 Å². The maximum Gasteiger partial charge on any atom is 0.268 e. The number of pyridine rings is 2. The summed E-state index contributed by atoms with van der Waals surface area (Å²) in [5, 5.41) is 13.0. The zero-order valence-electron chi connectivity index (χ0n) is 16.0. The van der Waals surface area contributed by atoms with Gasteiger partial charge in [0, 0.05) is 25.6 Å². The number of rotatable bonds is 5. The van der Waals surface area contributed by atoms with Crippen LogP contribution in [0.5, 0.6) is 5.75 Å². The highest BCUT2D eigenvalue weighted by atomic mass is 19.1. The topological polar surface area (TPSA) is 113 Å². The van der Waals surface area contributed by atoms with Crippen LogP contribution < -0.4 is 10.9 Å². The monoisotopic (exact) mass is 407 g/mol. The molecule has 4 rings (SSSR count). The molecule has 0 aliphatic carbocycles. The predicted octanol–water partition coefficient (Wildman–Crippen LogP) is 1.96. The smallest absolute Gasteiger partial charge is 0.268 e. The molecule has 9 heteroatoms. The molecule has 0 spiro atoms. The number of amides is 1. The van der Waals surface area contributed by atoms with Crippen molar-refractivity contribution < 1.29 is 14.3 Å². The van der Waals surface area contributed by atoms with Crippen molar-refractivity contribution in [3.8, 4) is 5.75 Å². The van der Waals surface area contributed by atoms with E-state index in [2.05, 4.69) is 20.3 Å². The van der Waals surface area contributed by atoms with Crippen molar-refractivity contribution >= 4 is 16.9 Å². The molecule has 0 saturated heterocycles. The number of benzene rings is 1. The summed E-state index contributed by atoms with van der Waals surface area (Å²) in [7, 11) is 1.38. The van der Waals surface area contributed by atoms with Gasteiger partial charge in [0.15, 0.2) is 5.75 Å². The molecule has 3 heterocycles. The number of hydrogen-bond donors (Lipinski definition) is 3. The van der Waals surface area contributed by atoms with E-state index in [9.17, 15) is 19.1 Å². The molecule has 0 bridgehead atoms. The summed E-state index contributed by atoms with van der Waals surface area (Å²) < 4.78 is 14.5. The number of nitrogens with zero attached hydrogens (tertiary/aromatic N) is 3. The van der Waals surface area contributed by atoms with E-state index in [0.29, 0.717) is 17.8 Å². The minimum Gasteiger partial charge on any atom is -0.505 e. The second kappa shape index (κ2) is 7.78. The van der Waals surface area contributed by atoms with Crippen LogP contribution in [0.4, 0.5) is 4.39 Å². The Bertz CT molecular complexity index is 1280. The van der Waals surface area contributed by atoms with Gasteiger partial charge in [0.05, 0.1) is 12.1 Å². The molecule has 0 fully saturated rings. The minimum atomic E-state index is -0.704. The molecule has 30 heavy (non-hydrogen) atoms. The van der Waals surface area contributed by atoms with Gasteiger partial charge >= 0.3 is 0 Å². The molecule has 0 aliphatic rings. The Morgan fingerprint density at radius 2 is 2.00 bits per heavy atom. The number of aromatic amines is 1. The summed E-state index contributed by atoms with van der Waals surface area (Å²) >= 11 is 0. The van der Waals surface area contributed by atoms with Gasteiger partial charge in [-0.15, -0.1) is 0 Å². The lowest BCUT2D eigenvalue weighted by molar-refractivity contribution is 0.0958. The van der Waals surface area contributed by atoms with E-state index in [1.54, 1.807) is 36.8 Å². The fourth-order valence-electron chi connectivity index (χ4n) is 3.30. The maximum atomic E-state index is 13.2. The van der Waals surface area contributed by atoms with Crippen molar-refractivity contribution in [1.29, 1.82) is 0 Å². The Kier molecular flexibility index (Phi) is 5.01. The van der Waals surface area contributed by atoms with Gasteiger partial charge in [-0.2, -0.15) is 0 Å². The largest absolute Gasteiger partial charge is 0.505 e. The summed E-state index contributed by atoms with van der Waals surface area (Å²) in [5.74, 6) is -0.992. The van der Waals surface area contributed by atoms with E-state index in [1.807, 2.05) is 0 Å². The Hall–Kier alpha value is -4.01. The summed E-state index contributed by atoms with van der Waals surface area (Å²) in [6.07, 6.45) is 5.19. The Morgan fingerprint density at radius 1 is 1.23 bits per heavy atom. The van der Waals surface area contributed by atoms with Gasteiger partial charge < -0.3 is 15.4 Å². The average molecular weight is 407 g/mol. The van der Waals surface area contributed by atoms with Crippen LogP contribution in [0, 0.1) is 5.82 Å². The number of nitrogens with one attached hydrogen (secondary N) is 2. The first-order valence-electron chi connectivity index (χ1n) is 9.17. The number of fused-ring (bicyclic) bond motifs is 1. The van der Waals surface area contributed by atoms with Crippen molar-refractivity contribution in [1.82, 2.24) is 24.8 Å². The number of halogens is 1. The van der Waals surface area contributed by atoms with Crippen molar-refractivity contribution in [2.24, 2.45) is 0 Å². The normalized spacial score (nSPS) is 11.0. The Balaban J connectivity index is 1.89. The molecule has 0 saturated carbocycles. The highest BCUT2D eigenvalue weighted by Gasteiger charge is 2.23. The van der Waals surface area contributed by atoms with Crippen LogP contribution in [0.1, 0.15) is 27.3 Å². The molecule has 0 atom stereocenters. The molecule has 4 aromatic rings. The third-order valence-electron chi connectivity index (χ3n) is 4.77. The number of aromatic hydroxyl groups is 1. The van der Waals surface area contributed by atoms with Gasteiger partial charge in [-0.25, -0.2) is 9.37 Å². The third kappa shape index (κ3) is 3.52. The number of aromatic nitrogens is 4. The molecule has 1 aromatic carbocycles. The van der Waals surface area contributed by atoms with Gasteiger partial charge in [-0.05, 0) is 35.7 Å². The van der Waals surface area contributed by atoms with Gasteiger partial charge in [0.25, 0.3) is 11.5 Å². The summed E-state index contributed by atoms with van der Waals surface area (Å²) in [4.78, 5) is 36.7. The van der Waals surface area contributed by atoms with Gasteiger partial charge in [-0.1, -0.05) is 12.1 Å². The van der Waals surface area contributed by atoms with Crippen LogP contribution in [0.25, 0.3) is 11.0 Å². The van der Waals surface area contributed by atoms with Gasteiger partial charge in [0.2, 0.25) is 0 Å². The molecule has 0 unspecified atom stereocenters. The number of hydrogen-bond acceptors (Lipinski definition) is 5. The zero-order chi connectivity index (χ0) is 21.3. The van der Waals surface area contributed by atoms with Crippen LogP contribution in [0.15, 0.2) is 53.7 Å². The first-order valence-corrected chi connectivity index (χ1v) is 9.17. The van der Waals surface area contributed by atoms with Gasteiger partial charge in [0.1, 0.15) is 22.7 Å². The van der Waals surface area contributed by atoms with Crippen LogP contribution in [-0.4, -0.2) is 37.6 Å². The lowest BCUT2D eigenvalue weighted by Crippen LogP contribution is -2.32. The van der Waals surface area contributed by atoms with Crippen molar-refractivity contribution in [2.45, 2.75) is 13.0 Å². The fraction of sp³-hybridized carbons (Fsp3) is 0.143. The molecule has 0 aliphatic heterocycles. The summed E-state index contributed by atoms with van der Waals surface area (Å²) in [6.45, 7) is 0.0638. The molecule has 8 nitrogen and oxygen atoms in total. The molecule has 1 amide bonds. The van der Waals surface area contributed by atoms with Gasteiger partial charge in [-0.3, -0.25) is 19.1 Å². The SMILES string of the molecule is CNC(=O)c1c(O)c2ncc(Cc3ccc(F)cc3)cc2n(Cc2ncc[nH]2)c1=O. The number of imidazole rings is 1. The quantitative estimate of drug-likeness (QED) is 0.468. The van der Waals surface area contributed by atoms with E-state index < -0.39 is 17.2 Å². The second-order valence-corrected chi connectivity index (χ2v) is 6.74. The second-order valence-electron chi connectivity index (χ2n) is 6.74. The highest BCUT2D eigenvalue weighted by molar-refractivity contribution is 6.01. The number of carbonyl (C=O) groups is 1. The van der Waals surface area contributed by atoms with Crippen LogP contribution in [-0.2, 0) is 13.0 Å². The Morgan fingerprint density at radius 3 is 2.67 bits per heavy atom.